The summed E-state index contributed by atoms with van der Waals surface area (Å²) in [5.41, 5.74) is 1.62. The van der Waals surface area contributed by atoms with E-state index in [9.17, 15) is 0 Å². The van der Waals surface area contributed by atoms with E-state index in [0.29, 0.717) is 0 Å². The Balaban J connectivity index is 0.000000129. The van der Waals surface area contributed by atoms with E-state index < -0.39 is 0 Å². The zero-order valence-corrected chi connectivity index (χ0v) is 15.2. The lowest BCUT2D eigenvalue weighted by Gasteiger charge is -2.13. The molecule has 5 rings (SSSR count). The van der Waals surface area contributed by atoms with Crippen molar-refractivity contribution in [3.05, 3.63) is 48.9 Å². The Morgan fingerprint density at radius 1 is 1.12 bits per heavy atom. The molecule has 3 heterocycles. The van der Waals surface area contributed by atoms with E-state index in [1.165, 1.54) is 43.6 Å². The maximum absolute atomic E-state index is 4.06. The molecule has 2 aliphatic rings. The zero-order chi connectivity index (χ0) is 17.1. The fourth-order valence-electron chi connectivity index (χ4n) is 3.26. The lowest BCUT2D eigenvalue weighted by atomic mass is 10.1. The van der Waals surface area contributed by atoms with E-state index in [0.717, 1.165) is 22.3 Å². The average Bonchev–Trinajstić information content (AvgIpc) is 3.06. The zero-order valence-electron chi connectivity index (χ0n) is 14.4. The summed E-state index contributed by atoms with van der Waals surface area (Å²) in [6, 6.07) is 12.7. The van der Waals surface area contributed by atoms with Crippen LogP contribution in [0.25, 0.3) is 11.0 Å². The first-order chi connectivity index (χ1) is 12.3. The van der Waals surface area contributed by atoms with Gasteiger partial charge in [-0.05, 0) is 54.8 Å². The van der Waals surface area contributed by atoms with Crippen LogP contribution >= 0.6 is 11.9 Å². The molecule has 0 bridgehead atoms. The van der Waals surface area contributed by atoms with Crippen molar-refractivity contribution >= 4 is 28.8 Å². The summed E-state index contributed by atoms with van der Waals surface area (Å²) in [6.45, 7) is 2.59. The minimum atomic E-state index is 0.752. The molecule has 5 nitrogen and oxygen atoms in total. The topological polar surface area (TPSA) is 56.8 Å². The Hall–Kier alpha value is -2.05. The van der Waals surface area contributed by atoms with Gasteiger partial charge in [0, 0.05) is 31.2 Å². The highest BCUT2D eigenvalue weighted by molar-refractivity contribution is 7.97. The van der Waals surface area contributed by atoms with Gasteiger partial charge >= 0.3 is 0 Å². The molecule has 2 fully saturated rings. The predicted octanol–water partition coefficient (Wildman–Crippen LogP) is 4.18. The Kier molecular flexibility index (Phi) is 4.63. The number of aromatic nitrogens is 3. The van der Waals surface area contributed by atoms with Crippen LogP contribution in [0.1, 0.15) is 19.3 Å². The van der Waals surface area contributed by atoms with Crippen LogP contribution in [0.15, 0.2) is 53.8 Å². The van der Waals surface area contributed by atoms with Crippen LogP contribution in [0.3, 0.4) is 0 Å². The van der Waals surface area contributed by atoms with Gasteiger partial charge in [-0.25, -0.2) is 14.3 Å². The molecule has 1 spiro atoms. The number of nitrogens with one attached hydrogen (secondary N) is 2. The van der Waals surface area contributed by atoms with Crippen LogP contribution < -0.4 is 5.32 Å². The van der Waals surface area contributed by atoms with Crippen molar-refractivity contribution in [3.63, 3.8) is 0 Å². The number of nitrogens with zero attached hydrogens (tertiary/aromatic N) is 3. The molecule has 1 aliphatic heterocycles. The van der Waals surface area contributed by atoms with Gasteiger partial charge in [0.15, 0.2) is 0 Å². The second-order valence-corrected chi connectivity index (χ2v) is 7.90. The van der Waals surface area contributed by atoms with E-state index in [1.54, 1.807) is 0 Å². The van der Waals surface area contributed by atoms with Crippen molar-refractivity contribution in [2.24, 2.45) is 5.41 Å². The molecular weight excluding hydrogens is 330 g/mol. The standard InChI is InChI=1S/C12H15NS.C7H8N4/c1-2-4-11(5-3-1)14-13-9-8-12(10-13)6-7-12;1-8-6-5-2-3-9-7(5)11-4-10-6/h1-5H,6-10H2;2-4H,1H3,(H2,8,9,10,11). The highest BCUT2D eigenvalue weighted by Gasteiger charge is 2.47. The Morgan fingerprint density at radius 3 is 2.68 bits per heavy atom. The number of rotatable bonds is 3. The summed E-state index contributed by atoms with van der Waals surface area (Å²) in [5.74, 6) is 0.858. The summed E-state index contributed by atoms with van der Waals surface area (Å²) in [4.78, 5) is 12.5. The number of benzene rings is 1. The number of fused-ring (bicyclic) bond motifs is 1. The maximum Gasteiger partial charge on any atom is 0.142 e. The molecule has 1 aromatic carbocycles. The summed E-state index contributed by atoms with van der Waals surface area (Å²) >= 11 is 1.93. The monoisotopic (exact) mass is 353 g/mol. The predicted molar refractivity (Wildman–Crippen MR) is 104 cm³/mol. The summed E-state index contributed by atoms with van der Waals surface area (Å²) in [5, 5.41) is 4.01. The van der Waals surface area contributed by atoms with Crippen LogP contribution in [0.5, 0.6) is 0 Å². The average molecular weight is 353 g/mol. The molecule has 2 aromatic heterocycles. The Bertz CT molecular complexity index is 828. The SMILES string of the molecule is CNc1ncnc2[nH]ccc12.c1ccc(SN2CCC3(CC3)C2)cc1. The molecule has 0 radical (unpaired) electrons. The summed E-state index contributed by atoms with van der Waals surface area (Å²) in [6.07, 6.45) is 7.75. The lowest BCUT2D eigenvalue weighted by Crippen LogP contribution is -2.11. The van der Waals surface area contributed by atoms with Crippen molar-refractivity contribution in [1.29, 1.82) is 0 Å². The van der Waals surface area contributed by atoms with Crippen LogP contribution in [0, 0.1) is 5.41 Å². The Labute approximate surface area is 152 Å². The van der Waals surface area contributed by atoms with Gasteiger partial charge in [-0.2, -0.15) is 0 Å². The highest BCUT2D eigenvalue weighted by Crippen LogP contribution is 2.54. The molecule has 6 heteroatoms. The maximum atomic E-state index is 4.06. The quantitative estimate of drug-likeness (QED) is 0.692. The fraction of sp³-hybridized carbons (Fsp3) is 0.368. The van der Waals surface area contributed by atoms with Crippen molar-refractivity contribution in [2.75, 3.05) is 25.5 Å². The third-order valence-electron chi connectivity index (χ3n) is 4.93. The van der Waals surface area contributed by atoms with Gasteiger partial charge < -0.3 is 10.3 Å². The smallest absolute Gasteiger partial charge is 0.142 e. The van der Waals surface area contributed by atoms with Gasteiger partial charge in [-0.3, -0.25) is 0 Å². The van der Waals surface area contributed by atoms with E-state index in [2.05, 4.69) is 54.9 Å². The van der Waals surface area contributed by atoms with Crippen LogP contribution in [0.2, 0.25) is 0 Å². The first-order valence-electron chi connectivity index (χ1n) is 8.72. The van der Waals surface area contributed by atoms with E-state index in [4.69, 9.17) is 0 Å². The number of hydrogen-bond donors (Lipinski definition) is 2. The van der Waals surface area contributed by atoms with Crippen LogP contribution in [-0.2, 0) is 0 Å². The van der Waals surface area contributed by atoms with E-state index >= 15 is 0 Å². The molecule has 1 saturated carbocycles. The van der Waals surface area contributed by atoms with Crippen molar-refractivity contribution < 1.29 is 0 Å². The number of aromatic amines is 1. The second-order valence-electron chi connectivity index (χ2n) is 6.73. The molecular formula is C19H23N5S. The van der Waals surface area contributed by atoms with Gasteiger partial charge in [0.1, 0.15) is 17.8 Å². The number of anilines is 1. The summed E-state index contributed by atoms with van der Waals surface area (Å²) < 4.78 is 2.53. The minimum absolute atomic E-state index is 0.752. The Morgan fingerprint density at radius 2 is 1.96 bits per heavy atom. The van der Waals surface area contributed by atoms with Gasteiger partial charge in [-0.1, -0.05) is 18.2 Å². The number of H-pyrrole nitrogens is 1. The molecule has 0 atom stereocenters. The first-order valence-corrected chi connectivity index (χ1v) is 9.49. The molecule has 1 aliphatic carbocycles. The van der Waals surface area contributed by atoms with E-state index in [-0.39, 0.29) is 0 Å². The van der Waals surface area contributed by atoms with Crippen molar-refractivity contribution in [1.82, 2.24) is 19.3 Å². The van der Waals surface area contributed by atoms with E-state index in [1.807, 2.05) is 31.3 Å². The third kappa shape index (κ3) is 3.80. The molecule has 3 aromatic rings. The highest BCUT2D eigenvalue weighted by atomic mass is 32.2. The molecule has 130 valence electrons. The largest absolute Gasteiger partial charge is 0.372 e. The molecule has 0 unspecified atom stereocenters. The van der Waals surface area contributed by atoms with Crippen LogP contribution in [0.4, 0.5) is 5.82 Å². The number of hydrogen-bond acceptors (Lipinski definition) is 5. The van der Waals surface area contributed by atoms with Gasteiger partial charge in [-0.15, -0.1) is 0 Å². The van der Waals surface area contributed by atoms with Crippen LogP contribution in [-0.4, -0.2) is 39.4 Å². The molecule has 0 amide bonds. The third-order valence-corrected chi connectivity index (χ3v) is 5.98. The normalized spacial score (nSPS) is 18.1. The van der Waals surface area contributed by atoms with Gasteiger partial charge in [0.2, 0.25) is 0 Å². The summed E-state index contributed by atoms with van der Waals surface area (Å²) in [7, 11) is 1.84. The lowest BCUT2D eigenvalue weighted by molar-refractivity contribution is 0.511. The fourth-order valence-corrected chi connectivity index (χ4v) is 4.36. The molecule has 25 heavy (non-hydrogen) atoms. The van der Waals surface area contributed by atoms with Crippen molar-refractivity contribution in [2.45, 2.75) is 24.2 Å². The van der Waals surface area contributed by atoms with Gasteiger partial charge in [0.25, 0.3) is 0 Å². The first kappa shape index (κ1) is 16.4. The van der Waals surface area contributed by atoms with Gasteiger partial charge in [0.05, 0.1) is 5.39 Å². The minimum Gasteiger partial charge on any atom is -0.372 e. The van der Waals surface area contributed by atoms with Crippen molar-refractivity contribution in [3.8, 4) is 0 Å². The molecule has 1 saturated heterocycles. The second kappa shape index (κ2) is 7.06. The molecule has 2 N–H and O–H groups in total.